The maximum absolute atomic E-state index is 15.6. The summed E-state index contributed by atoms with van der Waals surface area (Å²) in [6.07, 6.45) is -2.20. The van der Waals surface area contributed by atoms with Gasteiger partial charge in [-0.05, 0) is 62.2 Å². The van der Waals surface area contributed by atoms with Gasteiger partial charge in [-0.15, -0.1) is 11.8 Å². The molecule has 1 aliphatic rings. The second-order valence-corrected chi connectivity index (χ2v) is 23.1. The monoisotopic (exact) mass is 500 g/mol. The van der Waals surface area contributed by atoms with Crippen LogP contribution in [-0.4, -0.2) is 46.1 Å². The van der Waals surface area contributed by atoms with Gasteiger partial charge < -0.3 is 13.6 Å². The Morgan fingerprint density at radius 1 is 0.938 bits per heavy atom. The minimum Gasteiger partial charge on any atom is -0.408 e. The molecule has 0 amide bonds. The van der Waals surface area contributed by atoms with Crippen LogP contribution in [-0.2, 0) is 13.6 Å². The lowest BCUT2D eigenvalue weighted by Gasteiger charge is -2.56. The first-order valence-electron chi connectivity index (χ1n) is 11.7. The van der Waals surface area contributed by atoms with E-state index < -0.39 is 39.9 Å². The number of hydrogen-bond donors (Lipinski definition) is 0. The standard InChI is InChI=1S/C25H45FO3SSi2/c1-18-20(28-31(9,10)23(2,3)4)25(8,29-32(11,12)24(5,6)7)21(22(26)27-18)30-19-16-14-13-15-17-19/h13-18,20-22H,1-12H3/t18-,20-,21+,22+,25+/m0/s1. The summed E-state index contributed by atoms with van der Waals surface area (Å²) in [6.45, 7) is 26.3. The maximum atomic E-state index is 15.6. The first-order chi connectivity index (χ1) is 14.3. The third-order valence-corrected chi connectivity index (χ3v) is 18.2. The van der Waals surface area contributed by atoms with Crippen molar-refractivity contribution in [3.63, 3.8) is 0 Å². The van der Waals surface area contributed by atoms with Gasteiger partial charge in [0.15, 0.2) is 16.6 Å². The molecule has 0 spiro atoms. The molecular formula is C25H45FO3SSi2. The number of benzene rings is 1. The molecule has 1 aromatic carbocycles. The van der Waals surface area contributed by atoms with E-state index in [-0.39, 0.29) is 16.2 Å². The van der Waals surface area contributed by atoms with Gasteiger partial charge in [0, 0.05) is 4.90 Å². The molecule has 1 heterocycles. The predicted molar refractivity (Wildman–Crippen MR) is 140 cm³/mol. The van der Waals surface area contributed by atoms with Gasteiger partial charge in [0.05, 0.1) is 23.1 Å². The molecule has 5 atom stereocenters. The predicted octanol–water partition coefficient (Wildman–Crippen LogP) is 8.03. The maximum Gasteiger partial charge on any atom is 0.214 e. The average Bonchev–Trinajstić information content (AvgIpc) is 2.61. The van der Waals surface area contributed by atoms with Crippen molar-refractivity contribution in [1.29, 1.82) is 0 Å². The highest BCUT2D eigenvalue weighted by atomic mass is 32.2. The molecule has 32 heavy (non-hydrogen) atoms. The second kappa shape index (κ2) is 9.46. The molecule has 0 radical (unpaired) electrons. The quantitative estimate of drug-likeness (QED) is 0.369. The summed E-state index contributed by atoms with van der Waals surface area (Å²) < 4.78 is 35.6. The summed E-state index contributed by atoms with van der Waals surface area (Å²) in [5.74, 6) is 0. The summed E-state index contributed by atoms with van der Waals surface area (Å²) in [7, 11) is -4.41. The zero-order valence-electron chi connectivity index (χ0n) is 22.2. The smallest absolute Gasteiger partial charge is 0.214 e. The van der Waals surface area contributed by atoms with Crippen LogP contribution in [0.15, 0.2) is 35.2 Å². The van der Waals surface area contributed by atoms with Crippen molar-refractivity contribution in [2.75, 3.05) is 0 Å². The molecule has 0 unspecified atom stereocenters. The summed E-state index contributed by atoms with van der Waals surface area (Å²) in [5, 5.41) is -0.517. The van der Waals surface area contributed by atoms with Crippen LogP contribution in [0.4, 0.5) is 4.39 Å². The van der Waals surface area contributed by atoms with Crippen LogP contribution in [0.5, 0.6) is 0 Å². The molecule has 0 saturated carbocycles. The molecule has 2 rings (SSSR count). The lowest BCUT2D eigenvalue weighted by atomic mass is 9.89. The third kappa shape index (κ3) is 5.89. The van der Waals surface area contributed by atoms with E-state index in [1.54, 1.807) is 0 Å². The summed E-state index contributed by atoms with van der Waals surface area (Å²) in [4.78, 5) is 1.01. The van der Waals surface area contributed by atoms with E-state index in [0.717, 1.165) is 4.90 Å². The Balaban J connectivity index is 2.58. The second-order valence-electron chi connectivity index (χ2n) is 12.4. The molecule has 3 nitrogen and oxygen atoms in total. The highest BCUT2D eigenvalue weighted by Gasteiger charge is 2.60. The Kier molecular flexibility index (Phi) is 8.29. The largest absolute Gasteiger partial charge is 0.408 e. The number of alkyl halides is 1. The van der Waals surface area contributed by atoms with E-state index in [9.17, 15) is 0 Å². The van der Waals surface area contributed by atoms with Crippen molar-refractivity contribution < 1.29 is 18.0 Å². The summed E-state index contributed by atoms with van der Waals surface area (Å²) in [5.41, 5.74) is -0.837. The number of hydrogen-bond acceptors (Lipinski definition) is 4. The number of halogens is 1. The normalized spacial score (nSPS) is 30.4. The zero-order valence-corrected chi connectivity index (χ0v) is 25.0. The van der Waals surface area contributed by atoms with Gasteiger partial charge in [-0.1, -0.05) is 59.7 Å². The van der Waals surface area contributed by atoms with Crippen LogP contribution >= 0.6 is 11.8 Å². The molecule has 0 aromatic heterocycles. The van der Waals surface area contributed by atoms with Crippen LogP contribution in [0, 0.1) is 0 Å². The minimum absolute atomic E-state index is 0.00709. The molecule has 0 N–H and O–H groups in total. The fourth-order valence-electron chi connectivity index (χ4n) is 3.58. The summed E-state index contributed by atoms with van der Waals surface area (Å²) in [6, 6.07) is 9.98. The van der Waals surface area contributed by atoms with Gasteiger partial charge in [0.25, 0.3) is 0 Å². The van der Waals surface area contributed by atoms with E-state index >= 15 is 4.39 Å². The van der Waals surface area contributed by atoms with Gasteiger partial charge >= 0.3 is 0 Å². The third-order valence-electron chi connectivity index (χ3n) is 7.65. The number of rotatable bonds is 6. The molecule has 7 heteroatoms. The van der Waals surface area contributed by atoms with Gasteiger partial charge in [-0.2, -0.15) is 0 Å². The van der Waals surface area contributed by atoms with E-state index in [2.05, 4.69) is 74.7 Å². The lowest BCUT2D eigenvalue weighted by molar-refractivity contribution is -0.219. The van der Waals surface area contributed by atoms with E-state index in [0.29, 0.717) is 0 Å². The van der Waals surface area contributed by atoms with Gasteiger partial charge in [-0.25, -0.2) is 4.39 Å². The molecule has 1 fully saturated rings. The van der Waals surface area contributed by atoms with E-state index in [1.165, 1.54) is 11.8 Å². The molecule has 1 aromatic rings. The highest BCUT2D eigenvalue weighted by molar-refractivity contribution is 8.00. The fourth-order valence-corrected chi connectivity index (χ4v) is 7.92. The van der Waals surface area contributed by atoms with Gasteiger partial charge in [0.2, 0.25) is 6.36 Å². The highest BCUT2D eigenvalue weighted by Crippen LogP contribution is 2.50. The zero-order chi connectivity index (χ0) is 24.8. The number of ether oxygens (including phenoxy) is 1. The Hall–Kier alpha value is -0.186. The van der Waals surface area contributed by atoms with Crippen LogP contribution in [0.2, 0.25) is 36.3 Å². The van der Waals surface area contributed by atoms with Crippen LogP contribution < -0.4 is 0 Å². The molecule has 1 saturated heterocycles. The fraction of sp³-hybridized carbons (Fsp3) is 0.760. The van der Waals surface area contributed by atoms with Gasteiger partial charge in [-0.3, -0.25) is 0 Å². The van der Waals surface area contributed by atoms with Crippen molar-refractivity contribution >= 4 is 28.4 Å². The van der Waals surface area contributed by atoms with E-state index in [1.807, 2.05) is 37.3 Å². The van der Waals surface area contributed by atoms with Crippen molar-refractivity contribution in [2.45, 2.75) is 126 Å². The van der Waals surface area contributed by atoms with Crippen molar-refractivity contribution in [3.05, 3.63) is 30.3 Å². The average molecular weight is 501 g/mol. The molecule has 0 aliphatic carbocycles. The minimum atomic E-state index is -2.25. The Morgan fingerprint density at radius 3 is 1.91 bits per heavy atom. The lowest BCUT2D eigenvalue weighted by Crippen LogP contribution is -2.69. The molecule has 0 bridgehead atoms. The first-order valence-corrected chi connectivity index (χ1v) is 18.4. The van der Waals surface area contributed by atoms with Crippen molar-refractivity contribution in [1.82, 2.24) is 0 Å². The molecule has 184 valence electrons. The van der Waals surface area contributed by atoms with Crippen LogP contribution in [0.25, 0.3) is 0 Å². The Bertz CT molecular complexity index is 761. The Morgan fingerprint density at radius 2 is 1.44 bits per heavy atom. The van der Waals surface area contributed by atoms with Crippen LogP contribution in [0.3, 0.4) is 0 Å². The van der Waals surface area contributed by atoms with Crippen molar-refractivity contribution in [2.24, 2.45) is 0 Å². The van der Waals surface area contributed by atoms with Crippen molar-refractivity contribution in [3.8, 4) is 0 Å². The van der Waals surface area contributed by atoms with Crippen LogP contribution in [0.1, 0.15) is 55.4 Å². The van der Waals surface area contributed by atoms with Gasteiger partial charge in [0.1, 0.15) is 0 Å². The SMILES string of the molecule is C[C@@H]1O[C@@H](F)[C@@H](Sc2ccccc2)[C@](C)(O[Si](C)(C)C(C)(C)C)[C@H]1O[Si](C)(C)C(C)(C)C. The molecule has 1 aliphatic heterocycles. The molecular weight excluding hydrogens is 456 g/mol. The Labute approximate surface area is 202 Å². The first kappa shape index (κ1) is 28.1. The number of thioether (sulfide) groups is 1. The summed E-state index contributed by atoms with van der Waals surface area (Å²) >= 11 is 1.50. The topological polar surface area (TPSA) is 27.7 Å². The van der Waals surface area contributed by atoms with E-state index in [4.69, 9.17) is 13.6 Å².